The molecule has 1 fully saturated rings. The number of aliphatic hydroxyl groups excluding tert-OH is 1. The molecule has 1 amide bonds. The summed E-state index contributed by atoms with van der Waals surface area (Å²) in [5.41, 5.74) is 1.96. The monoisotopic (exact) mass is 397 g/mol. The Bertz CT molecular complexity index is 964. The highest BCUT2D eigenvalue weighted by molar-refractivity contribution is 6.46. The molecule has 29 heavy (non-hydrogen) atoms. The topological polar surface area (TPSA) is 96.3 Å². The van der Waals surface area contributed by atoms with Crippen LogP contribution in [0.15, 0.2) is 48.0 Å². The average Bonchev–Trinajstić information content (AvgIpc) is 2.97. The standard InChI is InChI=1S/C22H23NO6/c1-13-4-6-14(7-5-13)20(25)18-19(15-8-9-16(24)17(12-15)29-3)23(10-11-28-2)22(27)21(18)26/h4-9,12,19,24-25H,10-11H2,1-3H3/b20-18+/t19-/m0/s1. The van der Waals surface area contributed by atoms with E-state index in [-0.39, 0.29) is 36.0 Å². The van der Waals surface area contributed by atoms with Gasteiger partial charge >= 0.3 is 0 Å². The maximum atomic E-state index is 12.8. The number of rotatable bonds is 6. The zero-order valence-corrected chi connectivity index (χ0v) is 16.5. The number of carbonyl (C=O) groups is 2. The van der Waals surface area contributed by atoms with Crippen LogP contribution >= 0.6 is 0 Å². The number of amides is 1. The summed E-state index contributed by atoms with van der Waals surface area (Å²) in [5, 5.41) is 20.8. The Labute approximate surface area is 168 Å². The first-order chi connectivity index (χ1) is 13.9. The first kappa shape index (κ1) is 20.4. The molecule has 2 N–H and O–H groups in total. The molecule has 1 saturated heterocycles. The molecule has 152 valence electrons. The van der Waals surface area contributed by atoms with E-state index in [9.17, 15) is 19.8 Å². The third kappa shape index (κ3) is 3.82. The summed E-state index contributed by atoms with van der Waals surface area (Å²) in [7, 11) is 2.91. The second kappa shape index (κ2) is 8.36. The number of aromatic hydroxyl groups is 1. The Kier molecular flexibility index (Phi) is 5.89. The Hall–Kier alpha value is -3.32. The van der Waals surface area contributed by atoms with Gasteiger partial charge in [-0.05, 0) is 24.6 Å². The number of carbonyl (C=O) groups excluding carboxylic acids is 2. The highest BCUT2D eigenvalue weighted by Crippen LogP contribution is 2.41. The van der Waals surface area contributed by atoms with Crippen LogP contribution in [0.3, 0.4) is 0 Å². The smallest absolute Gasteiger partial charge is 0.295 e. The lowest BCUT2D eigenvalue weighted by Gasteiger charge is -2.25. The van der Waals surface area contributed by atoms with Crippen molar-refractivity contribution in [3.05, 3.63) is 64.7 Å². The minimum Gasteiger partial charge on any atom is -0.507 e. The summed E-state index contributed by atoms with van der Waals surface area (Å²) in [6.07, 6.45) is 0. The Morgan fingerprint density at radius 2 is 1.79 bits per heavy atom. The number of hydrogen-bond acceptors (Lipinski definition) is 6. The largest absolute Gasteiger partial charge is 0.507 e. The third-order valence-corrected chi connectivity index (χ3v) is 4.92. The number of aliphatic hydroxyl groups is 1. The summed E-state index contributed by atoms with van der Waals surface area (Å²) in [4.78, 5) is 26.9. The lowest BCUT2D eigenvalue weighted by Crippen LogP contribution is -2.32. The lowest BCUT2D eigenvalue weighted by molar-refractivity contribution is -0.140. The number of ketones is 1. The van der Waals surface area contributed by atoms with E-state index in [1.807, 2.05) is 19.1 Å². The van der Waals surface area contributed by atoms with Crippen molar-refractivity contribution in [3.8, 4) is 11.5 Å². The van der Waals surface area contributed by atoms with Crippen LogP contribution in [-0.4, -0.2) is 54.2 Å². The number of nitrogens with zero attached hydrogens (tertiary/aromatic N) is 1. The molecular weight excluding hydrogens is 374 g/mol. The van der Waals surface area contributed by atoms with Gasteiger partial charge in [-0.15, -0.1) is 0 Å². The van der Waals surface area contributed by atoms with Gasteiger partial charge in [-0.1, -0.05) is 35.9 Å². The first-order valence-electron chi connectivity index (χ1n) is 9.10. The molecule has 7 heteroatoms. The SMILES string of the molecule is COCCN1C(=O)C(=O)/C(=C(/O)c2ccc(C)cc2)[C@@H]1c1ccc(O)c(OC)c1. The molecule has 2 aromatic rings. The number of methoxy groups -OCH3 is 2. The van der Waals surface area contributed by atoms with E-state index in [1.54, 1.807) is 24.3 Å². The molecule has 0 aliphatic carbocycles. The number of Topliss-reactive ketones (excluding diaryl/α,β-unsaturated/α-hetero) is 1. The Morgan fingerprint density at radius 1 is 1.10 bits per heavy atom. The minimum atomic E-state index is -0.832. The number of aryl methyl sites for hydroxylation is 1. The molecule has 0 aromatic heterocycles. The molecule has 0 unspecified atom stereocenters. The van der Waals surface area contributed by atoms with Gasteiger partial charge in [0.05, 0.1) is 25.3 Å². The molecule has 0 saturated carbocycles. The van der Waals surface area contributed by atoms with Crippen LogP contribution in [0.5, 0.6) is 11.5 Å². The molecule has 1 heterocycles. The van der Waals surface area contributed by atoms with Crippen molar-refractivity contribution in [2.45, 2.75) is 13.0 Å². The van der Waals surface area contributed by atoms with E-state index in [1.165, 1.54) is 25.2 Å². The van der Waals surface area contributed by atoms with Crippen LogP contribution in [0.1, 0.15) is 22.7 Å². The van der Waals surface area contributed by atoms with Crippen molar-refractivity contribution in [1.29, 1.82) is 0 Å². The molecule has 0 spiro atoms. The summed E-state index contributed by atoms with van der Waals surface area (Å²) in [6.45, 7) is 2.30. The van der Waals surface area contributed by atoms with Gasteiger partial charge < -0.3 is 24.6 Å². The van der Waals surface area contributed by atoms with Crippen molar-refractivity contribution in [3.63, 3.8) is 0 Å². The quantitative estimate of drug-likeness (QED) is 0.442. The van der Waals surface area contributed by atoms with Gasteiger partial charge in [0.1, 0.15) is 5.76 Å². The normalized spacial score (nSPS) is 18.3. The van der Waals surface area contributed by atoms with E-state index in [4.69, 9.17) is 9.47 Å². The number of benzene rings is 2. The minimum absolute atomic E-state index is 0.0114. The second-order valence-corrected chi connectivity index (χ2v) is 6.78. The number of phenols is 1. The van der Waals surface area contributed by atoms with Gasteiger partial charge in [0.15, 0.2) is 11.5 Å². The van der Waals surface area contributed by atoms with Crippen molar-refractivity contribution in [1.82, 2.24) is 4.90 Å². The fraction of sp³-hybridized carbons (Fsp3) is 0.273. The van der Waals surface area contributed by atoms with E-state index in [0.717, 1.165) is 5.56 Å². The zero-order chi connectivity index (χ0) is 21.1. The van der Waals surface area contributed by atoms with Crippen LogP contribution in [-0.2, 0) is 14.3 Å². The fourth-order valence-electron chi connectivity index (χ4n) is 3.38. The van der Waals surface area contributed by atoms with E-state index in [2.05, 4.69) is 0 Å². The van der Waals surface area contributed by atoms with Crippen LogP contribution in [0.25, 0.3) is 5.76 Å². The van der Waals surface area contributed by atoms with E-state index < -0.39 is 17.7 Å². The average molecular weight is 397 g/mol. The van der Waals surface area contributed by atoms with Crippen LogP contribution in [0, 0.1) is 6.92 Å². The van der Waals surface area contributed by atoms with Gasteiger partial charge in [-0.25, -0.2) is 0 Å². The Morgan fingerprint density at radius 3 is 2.41 bits per heavy atom. The van der Waals surface area contributed by atoms with Crippen LogP contribution < -0.4 is 4.74 Å². The molecule has 7 nitrogen and oxygen atoms in total. The molecular formula is C22H23NO6. The first-order valence-corrected chi connectivity index (χ1v) is 9.10. The predicted octanol–water partition coefficient (Wildman–Crippen LogP) is 2.78. The van der Waals surface area contributed by atoms with Gasteiger partial charge in [0, 0.05) is 19.2 Å². The predicted molar refractivity (Wildman–Crippen MR) is 107 cm³/mol. The molecule has 1 aliphatic rings. The summed E-state index contributed by atoms with van der Waals surface area (Å²) in [6, 6.07) is 10.8. The molecule has 1 aliphatic heterocycles. The molecule has 0 radical (unpaired) electrons. The maximum Gasteiger partial charge on any atom is 0.295 e. The second-order valence-electron chi connectivity index (χ2n) is 6.78. The van der Waals surface area contributed by atoms with Crippen LogP contribution in [0.4, 0.5) is 0 Å². The molecule has 0 bridgehead atoms. The highest BCUT2D eigenvalue weighted by Gasteiger charge is 2.46. The number of phenolic OH excluding ortho intramolecular Hbond substituents is 1. The summed E-state index contributed by atoms with van der Waals surface area (Å²) in [5.74, 6) is -1.59. The van der Waals surface area contributed by atoms with Crippen molar-refractivity contribution in [2.24, 2.45) is 0 Å². The van der Waals surface area contributed by atoms with Gasteiger partial charge in [-0.3, -0.25) is 9.59 Å². The van der Waals surface area contributed by atoms with Crippen molar-refractivity contribution in [2.75, 3.05) is 27.4 Å². The van der Waals surface area contributed by atoms with Crippen molar-refractivity contribution < 1.29 is 29.3 Å². The summed E-state index contributed by atoms with van der Waals surface area (Å²) >= 11 is 0. The van der Waals surface area contributed by atoms with Gasteiger partial charge in [0.25, 0.3) is 11.7 Å². The highest BCUT2D eigenvalue weighted by atomic mass is 16.5. The maximum absolute atomic E-state index is 12.8. The number of likely N-dealkylation sites (tertiary alicyclic amines) is 1. The molecule has 3 rings (SSSR count). The zero-order valence-electron chi connectivity index (χ0n) is 16.5. The number of ether oxygens (including phenoxy) is 2. The van der Waals surface area contributed by atoms with Gasteiger partial charge in [0.2, 0.25) is 0 Å². The van der Waals surface area contributed by atoms with E-state index in [0.29, 0.717) is 11.1 Å². The summed E-state index contributed by atoms with van der Waals surface area (Å²) < 4.78 is 10.2. The molecule has 1 atom stereocenters. The Balaban J connectivity index is 2.18. The van der Waals surface area contributed by atoms with Gasteiger partial charge in [-0.2, -0.15) is 0 Å². The third-order valence-electron chi connectivity index (χ3n) is 4.92. The van der Waals surface area contributed by atoms with Crippen molar-refractivity contribution >= 4 is 17.4 Å². The fourth-order valence-corrected chi connectivity index (χ4v) is 3.38. The lowest BCUT2D eigenvalue weighted by atomic mass is 9.94. The van der Waals surface area contributed by atoms with Crippen LogP contribution in [0.2, 0.25) is 0 Å². The van der Waals surface area contributed by atoms with E-state index >= 15 is 0 Å². The number of hydrogen-bond donors (Lipinski definition) is 2. The molecule has 2 aromatic carbocycles.